The molecule has 0 saturated carbocycles. The van der Waals surface area contributed by atoms with Crippen molar-refractivity contribution in [1.29, 1.82) is 0 Å². The van der Waals surface area contributed by atoms with Crippen molar-refractivity contribution in [2.45, 2.75) is 38.2 Å². The van der Waals surface area contributed by atoms with E-state index in [0.717, 1.165) is 10.8 Å². The molecule has 1 aliphatic rings. The molecule has 0 bridgehead atoms. The lowest BCUT2D eigenvalue weighted by atomic mass is 10.1. The SMILES string of the molecule is CC[C@H]1O[C@@H](n2ccc(NC(=O)Nc3ccc4ccccc4c3)nc2=O)CC1O. The van der Waals surface area contributed by atoms with Crippen molar-refractivity contribution in [3.63, 3.8) is 0 Å². The highest BCUT2D eigenvalue weighted by atomic mass is 16.5. The fourth-order valence-corrected chi connectivity index (χ4v) is 3.50. The third-order valence-corrected chi connectivity index (χ3v) is 5.00. The zero-order chi connectivity index (χ0) is 20.4. The van der Waals surface area contributed by atoms with Crippen LogP contribution in [0.2, 0.25) is 0 Å². The van der Waals surface area contributed by atoms with Gasteiger partial charge in [0.05, 0.1) is 12.2 Å². The number of amides is 2. The summed E-state index contributed by atoms with van der Waals surface area (Å²) in [5, 5.41) is 17.3. The topological polar surface area (TPSA) is 105 Å². The van der Waals surface area contributed by atoms with E-state index >= 15 is 0 Å². The Balaban J connectivity index is 1.43. The molecule has 2 amide bonds. The maximum absolute atomic E-state index is 12.3. The second kappa shape index (κ2) is 8.02. The van der Waals surface area contributed by atoms with E-state index in [-0.39, 0.29) is 11.9 Å². The third-order valence-electron chi connectivity index (χ3n) is 5.00. The quantitative estimate of drug-likeness (QED) is 0.631. The fraction of sp³-hybridized carbons (Fsp3) is 0.286. The summed E-state index contributed by atoms with van der Waals surface area (Å²) in [7, 11) is 0. The van der Waals surface area contributed by atoms with Crippen molar-refractivity contribution < 1.29 is 14.6 Å². The normalized spacial score (nSPS) is 21.2. The summed E-state index contributed by atoms with van der Waals surface area (Å²) in [4.78, 5) is 28.5. The molecule has 8 nitrogen and oxygen atoms in total. The Morgan fingerprint density at radius 1 is 1.21 bits per heavy atom. The van der Waals surface area contributed by atoms with Crippen LogP contribution in [0.4, 0.5) is 16.3 Å². The molecule has 8 heteroatoms. The minimum atomic E-state index is -0.609. The number of anilines is 2. The number of ether oxygens (including phenoxy) is 1. The predicted octanol–water partition coefficient (Wildman–Crippen LogP) is 3.10. The number of urea groups is 1. The first-order chi connectivity index (χ1) is 14.0. The first-order valence-electron chi connectivity index (χ1n) is 9.53. The number of carbonyl (C=O) groups excluding carboxylic acids is 1. The van der Waals surface area contributed by atoms with Gasteiger partial charge in [-0.05, 0) is 35.4 Å². The van der Waals surface area contributed by atoms with Gasteiger partial charge < -0.3 is 15.2 Å². The van der Waals surface area contributed by atoms with Gasteiger partial charge in [0.25, 0.3) is 0 Å². The lowest BCUT2D eigenvalue weighted by Crippen LogP contribution is -2.29. The van der Waals surface area contributed by atoms with E-state index in [9.17, 15) is 14.7 Å². The standard InChI is InChI=1S/C21H22N4O4/c1-2-17-16(26)12-19(29-17)25-10-9-18(24-21(25)28)23-20(27)22-15-8-7-13-5-3-4-6-14(13)11-15/h3-11,16-17,19,26H,2,12H2,1H3,(H2,22,23,24,27,28)/t16?,17-,19-/m1/s1. The first kappa shape index (κ1) is 19.1. The fourth-order valence-electron chi connectivity index (χ4n) is 3.50. The van der Waals surface area contributed by atoms with E-state index < -0.39 is 24.1 Å². The second-order valence-corrected chi connectivity index (χ2v) is 6.98. The van der Waals surface area contributed by atoms with Crippen molar-refractivity contribution >= 4 is 28.3 Å². The maximum atomic E-state index is 12.3. The maximum Gasteiger partial charge on any atom is 0.351 e. The molecule has 2 aromatic carbocycles. The molecule has 1 fully saturated rings. The number of aromatic nitrogens is 2. The van der Waals surface area contributed by atoms with Crippen LogP contribution in [0.1, 0.15) is 26.0 Å². The molecule has 1 unspecified atom stereocenters. The number of nitrogens with zero attached hydrogens (tertiary/aromatic N) is 2. The van der Waals surface area contributed by atoms with Crippen molar-refractivity contribution in [3.05, 3.63) is 65.2 Å². The minimum absolute atomic E-state index is 0.134. The molecule has 3 aromatic rings. The summed E-state index contributed by atoms with van der Waals surface area (Å²) in [5.74, 6) is 0.134. The number of fused-ring (bicyclic) bond motifs is 1. The third kappa shape index (κ3) is 4.13. The molecular weight excluding hydrogens is 372 g/mol. The highest BCUT2D eigenvalue weighted by molar-refractivity contribution is 6.00. The summed E-state index contributed by atoms with van der Waals surface area (Å²) in [5.41, 5.74) is 0.0796. The van der Waals surface area contributed by atoms with Gasteiger partial charge in [0.1, 0.15) is 12.0 Å². The summed E-state index contributed by atoms with van der Waals surface area (Å²) in [6.45, 7) is 1.92. The molecule has 0 radical (unpaired) electrons. The molecule has 1 saturated heterocycles. The predicted molar refractivity (Wildman–Crippen MR) is 110 cm³/mol. The van der Waals surface area contributed by atoms with Gasteiger partial charge in [-0.3, -0.25) is 9.88 Å². The number of aliphatic hydroxyl groups excluding tert-OH is 1. The van der Waals surface area contributed by atoms with Gasteiger partial charge in [-0.25, -0.2) is 9.59 Å². The van der Waals surface area contributed by atoms with Crippen LogP contribution in [0.5, 0.6) is 0 Å². The lowest BCUT2D eigenvalue weighted by molar-refractivity contribution is -0.0216. The zero-order valence-electron chi connectivity index (χ0n) is 15.9. The van der Waals surface area contributed by atoms with Crippen LogP contribution >= 0.6 is 0 Å². The molecule has 1 aliphatic heterocycles. The van der Waals surface area contributed by atoms with Gasteiger partial charge in [-0.2, -0.15) is 4.98 Å². The highest BCUT2D eigenvalue weighted by Gasteiger charge is 2.34. The number of benzene rings is 2. The molecule has 150 valence electrons. The van der Waals surface area contributed by atoms with E-state index in [1.54, 1.807) is 6.07 Å². The van der Waals surface area contributed by atoms with Gasteiger partial charge in [0, 0.05) is 18.3 Å². The average molecular weight is 394 g/mol. The smallest absolute Gasteiger partial charge is 0.351 e. The summed E-state index contributed by atoms with van der Waals surface area (Å²) in [6, 6.07) is 14.5. The molecule has 0 spiro atoms. The molecule has 3 atom stereocenters. The molecule has 3 N–H and O–H groups in total. The van der Waals surface area contributed by atoms with E-state index in [1.807, 2.05) is 43.3 Å². The van der Waals surface area contributed by atoms with Crippen LogP contribution < -0.4 is 16.3 Å². The van der Waals surface area contributed by atoms with Crippen LogP contribution in [-0.2, 0) is 4.74 Å². The molecule has 0 aliphatic carbocycles. The highest BCUT2D eigenvalue weighted by Crippen LogP contribution is 2.29. The Bertz CT molecular complexity index is 1100. The van der Waals surface area contributed by atoms with Crippen LogP contribution in [0.15, 0.2) is 59.5 Å². The van der Waals surface area contributed by atoms with Crippen LogP contribution in [-0.4, -0.2) is 32.9 Å². The first-order valence-corrected chi connectivity index (χ1v) is 9.53. The lowest BCUT2D eigenvalue weighted by Gasteiger charge is -2.15. The molecular formula is C21H22N4O4. The Morgan fingerprint density at radius 3 is 2.72 bits per heavy atom. The van der Waals surface area contributed by atoms with Crippen molar-refractivity contribution in [3.8, 4) is 0 Å². The number of aliphatic hydroxyl groups is 1. The molecule has 1 aromatic heterocycles. The molecule has 29 heavy (non-hydrogen) atoms. The Labute approximate surface area is 167 Å². The number of hydrogen-bond acceptors (Lipinski definition) is 5. The van der Waals surface area contributed by atoms with Crippen molar-refractivity contribution in [2.24, 2.45) is 0 Å². The van der Waals surface area contributed by atoms with Crippen molar-refractivity contribution in [2.75, 3.05) is 10.6 Å². The van der Waals surface area contributed by atoms with Crippen molar-refractivity contribution in [1.82, 2.24) is 9.55 Å². The van der Waals surface area contributed by atoms with E-state index in [1.165, 1.54) is 16.8 Å². The van der Waals surface area contributed by atoms with Crippen LogP contribution in [0.3, 0.4) is 0 Å². The van der Waals surface area contributed by atoms with E-state index in [0.29, 0.717) is 18.5 Å². The van der Waals surface area contributed by atoms with Gasteiger partial charge in [0.15, 0.2) is 0 Å². The van der Waals surface area contributed by atoms with E-state index in [2.05, 4.69) is 15.6 Å². The molecule has 4 rings (SSSR count). The largest absolute Gasteiger partial charge is 0.390 e. The number of nitrogens with one attached hydrogen (secondary N) is 2. The van der Waals surface area contributed by atoms with E-state index in [4.69, 9.17) is 4.74 Å². The zero-order valence-corrected chi connectivity index (χ0v) is 15.9. The Kier molecular flexibility index (Phi) is 5.28. The number of hydrogen-bond donors (Lipinski definition) is 3. The Hall–Kier alpha value is -3.23. The summed E-state index contributed by atoms with van der Waals surface area (Å²) in [6.07, 6.45) is 1.04. The second-order valence-electron chi connectivity index (χ2n) is 6.98. The molecule has 2 heterocycles. The number of rotatable bonds is 4. The van der Waals surface area contributed by atoms with Gasteiger partial charge in [-0.15, -0.1) is 0 Å². The summed E-state index contributed by atoms with van der Waals surface area (Å²) >= 11 is 0. The van der Waals surface area contributed by atoms with Crippen LogP contribution in [0, 0.1) is 0 Å². The van der Waals surface area contributed by atoms with Gasteiger partial charge in [0.2, 0.25) is 0 Å². The monoisotopic (exact) mass is 394 g/mol. The van der Waals surface area contributed by atoms with Gasteiger partial charge in [-0.1, -0.05) is 37.3 Å². The average Bonchev–Trinajstić information content (AvgIpc) is 3.08. The Morgan fingerprint density at radius 2 is 2.00 bits per heavy atom. The minimum Gasteiger partial charge on any atom is -0.390 e. The van der Waals surface area contributed by atoms with Crippen LogP contribution in [0.25, 0.3) is 10.8 Å². The van der Waals surface area contributed by atoms with Gasteiger partial charge >= 0.3 is 11.7 Å². The number of carbonyl (C=O) groups is 1. The summed E-state index contributed by atoms with van der Waals surface area (Å²) < 4.78 is 7.02.